The van der Waals surface area contributed by atoms with Crippen LogP contribution in [0, 0.1) is 11.3 Å². The number of carboxylic acids is 1. The molecule has 2 aliphatic carbocycles. The van der Waals surface area contributed by atoms with Crippen LogP contribution in [0.4, 0.5) is 4.79 Å². The number of amides is 2. The predicted octanol–water partition coefficient (Wildman–Crippen LogP) is 4.02. The topological polar surface area (TPSA) is 95.9 Å². The summed E-state index contributed by atoms with van der Waals surface area (Å²) in [5, 5.41) is 12.2. The molecular formula is C27H30N2O5. The van der Waals surface area contributed by atoms with E-state index in [4.69, 9.17) is 4.74 Å². The SMILES string of the molecule is CC1(C(=O)O)CN(C(=O)C[C@@H]2CC[C@H](NC(=O)OCC3c4ccccc4-c4ccccc43)C2)C1. The van der Waals surface area contributed by atoms with Crippen molar-refractivity contribution in [2.75, 3.05) is 19.7 Å². The van der Waals surface area contributed by atoms with Crippen LogP contribution in [-0.2, 0) is 14.3 Å². The summed E-state index contributed by atoms with van der Waals surface area (Å²) in [6.07, 6.45) is 2.40. The highest BCUT2D eigenvalue weighted by Gasteiger charge is 2.47. The lowest BCUT2D eigenvalue weighted by Gasteiger charge is -2.45. The molecule has 1 saturated carbocycles. The monoisotopic (exact) mass is 462 g/mol. The zero-order valence-corrected chi connectivity index (χ0v) is 19.3. The van der Waals surface area contributed by atoms with E-state index in [-0.39, 0.29) is 43.5 Å². The van der Waals surface area contributed by atoms with Crippen molar-refractivity contribution in [2.45, 2.75) is 44.6 Å². The third-order valence-electron chi connectivity index (χ3n) is 7.62. The first kappa shape index (κ1) is 22.4. The van der Waals surface area contributed by atoms with Crippen molar-refractivity contribution < 1.29 is 24.2 Å². The van der Waals surface area contributed by atoms with E-state index in [1.54, 1.807) is 11.8 Å². The second-order valence-electron chi connectivity index (χ2n) is 10.2. The zero-order valence-electron chi connectivity index (χ0n) is 19.3. The number of fused-ring (bicyclic) bond motifs is 3. The quantitative estimate of drug-likeness (QED) is 0.676. The van der Waals surface area contributed by atoms with Crippen molar-refractivity contribution in [1.29, 1.82) is 0 Å². The Kier molecular flexibility index (Phi) is 5.80. The lowest BCUT2D eigenvalue weighted by molar-refractivity contribution is -0.164. The van der Waals surface area contributed by atoms with Crippen molar-refractivity contribution in [3.05, 3.63) is 59.7 Å². The Morgan fingerprint density at radius 1 is 1.03 bits per heavy atom. The molecule has 0 unspecified atom stereocenters. The molecule has 34 heavy (non-hydrogen) atoms. The van der Waals surface area contributed by atoms with Crippen LogP contribution in [0.2, 0.25) is 0 Å². The Morgan fingerprint density at radius 2 is 1.65 bits per heavy atom. The summed E-state index contributed by atoms with van der Waals surface area (Å²) in [7, 11) is 0. The summed E-state index contributed by atoms with van der Waals surface area (Å²) in [6, 6.07) is 16.5. The molecule has 0 radical (unpaired) electrons. The molecule has 1 heterocycles. The van der Waals surface area contributed by atoms with Gasteiger partial charge in [-0.1, -0.05) is 48.5 Å². The van der Waals surface area contributed by atoms with E-state index in [1.165, 1.54) is 22.3 Å². The standard InChI is InChI=1S/C27H30N2O5/c1-27(25(31)32)15-29(16-27)24(30)13-17-10-11-18(12-17)28-26(33)34-14-23-21-8-4-2-6-19(21)20-7-3-5-9-22(20)23/h2-9,17-18,23H,10-16H2,1H3,(H,28,33)(H,31,32)/t17-,18+/m1/s1. The van der Waals surface area contributed by atoms with E-state index in [0.717, 1.165) is 19.3 Å². The molecule has 0 bridgehead atoms. The molecule has 2 atom stereocenters. The highest BCUT2D eigenvalue weighted by Crippen LogP contribution is 2.44. The first-order chi connectivity index (χ1) is 16.3. The van der Waals surface area contributed by atoms with Gasteiger partial charge in [-0.2, -0.15) is 0 Å². The average molecular weight is 463 g/mol. The minimum atomic E-state index is -0.857. The number of likely N-dealkylation sites (tertiary alicyclic amines) is 1. The number of rotatable bonds is 6. The maximum absolute atomic E-state index is 12.5. The second-order valence-corrected chi connectivity index (χ2v) is 10.2. The molecule has 1 saturated heterocycles. The molecule has 1 aliphatic heterocycles. The van der Waals surface area contributed by atoms with Gasteiger partial charge in [0.15, 0.2) is 0 Å². The van der Waals surface area contributed by atoms with Crippen molar-refractivity contribution in [3.8, 4) is 11.1 Å². The third kappa shape index (κ3) is 4.15. The molecule has 7 nitrogen and oxygen atoms in total. The average Bonchev–Trinajstić information content (AvgIpc) is 3.37. The summed E-state index contributed by atoms with van der Waals surface area (Å²) in [5.41, 5.74) is 3.93. The normalized spacial score (nSPS) is 22.4. The number of nitrogens with zero attached hydrogens (tertiary/aromatic N) is 1. The molecule has 2 aromatic rings. The lowest BCUT2D eigenvalue weighted by atomic mass is 9.81. The number of aliphatic carboxylic acids is 1. The van der Waals surface area contributed by atoms with Crippen LogP contribution in [0.25, 0.3) is 11.1 Å². The van der Waals surface area contributed by atoms with Gasteiger partial charge in [0.25, 0.3) is 0 Å². The summed E-state index contributed by atoms with van der Waals surface area (Å²) in [6.45, 7) is 2.50. The van der Waals surface area contributed by atoms with Gasteiger partial charge in [0.2, 0.25) is 5.91 Å². The van der Waals surface area contributed by atoms with E-state index < -0.39 is 17.5 Å². The van der Waals surface area contributed by atoms with Gasteiger partial charge < -0.3 is 20.1 Å². The smallest absolute Gasteiger partial charge is 0.407 e. The molecule has 2 N–H and O–H groups in total. The molecule has 2 fully saturated rings. The highest BCUT2D eigenvalue weighted by atomic mass is 16.5. The molecular weight excluding hydrogens is 432 g/mol. The van der Waals surface area contributed by atoms with E-state index in [0.29, 0.717) is 6.42 Å². The summed E-state index contributed by atoms with van der Waals surface area (Å²) >= 11 is 0. The van der Waals surface area contributed by atoms with Crippen LogP contribution in [0.3, 0.4) is 0 Å². The van der Waals surface area contributed by atoms with Crippen LogP contribution in [0.15, 0.2) is 48.5 Å². The van der Waals surface area contributed by atoms with Gasteiger partial charge in [0, 0.05) is 31.5 Å². The van der Waals surface area contributed by atoms with E-state index in [9.17, 15) is 19.5 Å². The fraction of sp³-hybridized carbons (Fsp3) is 0.444. The highest BCUT2D eigenvalue weighted by molar-refractivity contribution is 5.83. The Bertz CT molecular complexity index is 1080. The maximum atomic E-state index is 12.5. The predicted molar refractivity (Wildman–Crippen MR) is 126 cm³/mol. The fourth-order valence-corrected chi connectivity index (χ4v) is 5.68. The minimum absolute atomic E-state index is 0.00511. The number of benzene rings is 2. The summed E-state index contributed by atoms with van der Waals surface area (Å²) in [5.74, 6) is -0.626. The first-order valence-electron chi connectivity index (χ1n) is 12.0. The molecule has 178 valence electrons. The Morgan fingerprint density at radius 3 is 2.26 bits per heavy atom. The molecule has 2 aromatic carbocycles. The van der Waals surface area contributed by atoms with Crippen LogP contribution in [-0.4, -0.2) is 53.7 Å². The van der Waals surface area contributed by atoms with Crippen LogP contribution in [0.1, 0.15) is 49.7 Å². The number of ether oxygens (including phenoxy) is 1. The number of carbonyl (C=O) groups is 3. The largest absolute Gasteiger partial charge is 0.481 e. The number of carbonyl (C=O) groups excluding carboxylic acids is 2. The Hall–Kier alpha value is -3.35. The van der Waals surface area contributed by atoms with E-state index in [1.807, 2.05) is 24.3 Å². The van der Waals surface area contributed by atoms with E-state index in [2.05, 4.69) is 29.6 Å². The first-order valence-corrected chi connectivity index (χ1v) is 12.0. The van der Waals surface area contributed by atoms with Crippen molar-refractivity contribution >= 4 is 18.0 Å². The lowest BCUT2D eigenvalue weighted by Crippen LogP contribution is -2.60. The summed E-state index contributed by atoms with van der Waals surface area (Å²) in [4.78, 5) is 37.9. The van der Waals surface area contributed by atoms with Gasteiger partial charge in [-0.25, -0.2) is 4.79 Å². The number of alkyl carbamates (subject to hydrolysis) is 1. The van der Waals surface area contributed by atoms with Gasteiger partial charge in [-0.05, 0) is 54.4 Å². The second kappa shape index (κ2) is 8.78. The van der Waals surface area contributed by atoms with Gasteiger partial charge in [-0.15, -0.1) is 0 Å². The van der Waals surface area contributed by atoms with Gasteiger partial charge in [0.1, 0.15) is 6.61 Å². The summed E-state index contributed by atoms with van der Waals surface area (Å²) < 4.78 is 5.65. The molecule has 5 rings (SSSR count). The zero-order chi connectivity index (χ0) is 23.9. The van der Waals surface area contributed by atoms with Crippen molar-refractivity contribution in [3.63, 3.8) is 0 Å². The molecule has 0 aromatic heterocycles. The van der Waals surface area contributed by atoms with Gasteiger partial charge in [0.05, 0.1) is 5.41 Å². The van der Waals surface area contributed by atoms with Crippen molar-refractivity contribution in [1.82, 2.24) is 10.2 Å². The Labute approximate surface area is 199 Å². The maximum Gasteiger partial charge on any atom is 0.407 e. The minimum Gasteiger partial charge on any atom is -0.481 e. The van der Waals surface area contributed by atoms with Crippen LogP contribution < -0.4 is 5.32 Å². The number of nitrogens with one attached hydrogen (secondary N) is 1. The number of carboxylic acid groups (broad SMARTS) is 1. The molecule has 2 amide bonds. The number of hydrogen-bond acceptors (Lipinski definition) is 4. The molecule has 3 aliphatic rings. The van der Waals surface area contributed by atoms with E-state index >= 15 is 0 Å². The Balaban J connectivity index is 1.09. The molecule has 0 spiro atoms. The molecule has 7 heteroatoms. The van der Waals surface area contributed by atoms with Gasteiger partial charge in [-0.3, -0.25) is 9.59 Å². The number of hydrogen-bond donors (Lipinski definition) is 2. The fourth-order valence-electron chi connectivity index (χ4n) is 5.68. The van der Waals surface area contributed by atoms with Gasteiger partial charge >= 0.3 is 12.1 Å². The van der Waals surface area contributed by atoms with Crippen LogP contribution >= 0.6 is 0 Å². The van der Waals surface area contributed by atoms with Crippen LogP contribution in [0.5, 0.6) is 0 Å². The third-order valence-corrected chi connectivity index (χ3v) is 7.62. The van der Waals surface area contributed by atoms with Crippen molar-refractivity contribution in [2.24, 2.45) is 11.3 Å².